The highest BCUT2D eigenvalue weighted by Crippen LogP contribution is 2.34. The predicted octanol–water partition coefficient (Wildman–Crippen LogP) is 4.62. The van der Waals surface area contributed by atoms with Crippen molar-refractivity contribution >= 4 is 22.8 Å². The Morgan fingerprint density at radius 3 is 2.58 bits per heavy atom. The number of ether oxygens (including phenoxy) is 2. The largest absolute Gasteiger partial charge is 0.496 e. The molecule has 9 nitrogen and oxygen atoms in total. The number of hydrogen-bond donors (Lipinski definition) is 1. The number of likely N-dealkylation sites (N-methyl/N-ethyl adjacent to an activating group) is 1. The number of piperazine rings is 1. The molecule has 2 aliphatic rings. The van der Waals surface area contributed by atoms with E-state index in [1.54, 1.807) is 14.2 Å². The fourth-order valence-electron chi connectivity index (χ4n) is 5.96. The monoisotopic (exact) mass is 541 g/mol. The van der Waals surface area contributed by atoms with E-state index in [-0.39, 0.29) is 0 Å². The van der Waals surface area contributed by atoms with Gasteiger partial charge in [-0.15, -0.1) is 5.10 Å². The Hall–Kier alpha value is -3.82. The van der Waals surface area contributed by atoms with Gasteiger partial charge < -0.3 is 29.5 Å². The molecule has 40 heavy (non-hydrogen) atoms. The van der Waals surface area contributed by atoms with Gasteiger partial charge >= 0.3 is 0 Å². The van der Waals surface area contributed by atoms with E-state index >= 15 is 0 Å². The molecular formula is C31H39N7O2. The van der Waals surface area contributed by atoms with Crippen LogP contribution < -0.4 is 19.7 Å². The third kappa shape index (κ3) is 5.57. The lowest BCUT2D eigenvalue weighted by Crippen LogP contribution is -2.48. The van der Waals surface area contributed by atoms with Crippen LogP contribution in [0.15, 0.2) is 60.8 Å². The highest BCUT2D eigenvalue weighted by atomic mass is 16.5. The smallest absolute Gasteiger partial charge is 0.245 e. The number of piperidine rings is 1. The zero-order chi connectivity index (χ0) is 27.5. The molecule has 0 aliphatic carbocycles. The van der Waals surface area contributed by atoms with E-state index in [0.29, 0.717) is 11.9 Å². The van der Waals surface area contributed by atoms with Crippen molar-refractivity contribution in [2.75, 3.05) is 77.3 Å². The summed E-state index contributed by atoms with van der Waals surface area (Å²) in [7, 11) is 5.62. The molecule has 0 unspecified atom stereocenters. The quantitative estimate of drug-likeness (QED) is 0.347. The molecule has 0 spiro atoms. The topological polar surface area (TPSA) is 70.4 Å². The number of hydrogen-bond acceptors (Lipinski definition) is 8. The normalized spacial score (nSPS) is 18.7. The van der Waals surface area contributed by atoms with Gasteiger partial charge in [-0.05, 0) is 62.2 Å². The molecule has 0 saturated carbocycles. The van der Waals surface area contributed by atoms with Crippen LogP contribution in [-0.4, -0.2) is 91.5 Å². The number of benzene rings is 2. The van der Waals surface area contributed by atoms with Crippen LogP contribution in [0.2, 0.25) is 0 Å². The fraction of sp³-hybridized carbons (Fsp3) is 0.419. The van der Waals surface area contributed by atoms with Gasteiger partial charge in [0.25, 0.3) is 0 Å². The second kappa shape index (κ2) is 11.7. The van der Waals surface area contributed by atoms with Crippen molar-refractivity contribution in [3.8, 4) is 22.8 Å². The summed E-state index contributed by atoms with van der Waals surface area (Å²) in [6, 6.07) is 18.4. The van der Waals surface area contributed by atoms with Crippen LogP contribution in [0.4, 0.5) is 17.3 Å². The summed E-state index contributed by atoms with van der Waals surface area (Å²) in [5, 5.41) is 8.19. The summed E-state index contributed by atoms with van der Waals surface area (Å²) in [6.45, 7) is 8.06. The van der Waals surface area contributed by atoms with Crippen LogP contribution in [0.3, 0.4) is 0 Å². The van der Waals surface area contributed by atoms with Crippen molar-refractivity contribution in [1.82, 2.24) is 24.4 Å². The number of methoxy groups -OCH3 is 2. The van der Waals surface area contributed by atoms with E-state index in [9.17, 15) is 0 Å². The summed E-state index contributed by atoms with van der Waals surface area (Å²) < 4.78 is 13.3. The summed E-state index contributed by atoms with van der Waals surface area (Å²) in [4.78, 5) is 12.1. The molecule has 4 aromatic rings. The molecule has 4 heterocycles. The molecule has 210 valence electrons. The first-order valence-corrected chi connectivity index (χ1v) is 14.2. The molecule has 0 bridgehead atoms. The lowest BCUT2D eigenvalue weighted by Gasteiger charge is -2.39. The van der Waals surface area contributed by atoms with Gasteiger partial charge in [-0.1, -0.05) is 12.1 Å². The van der Waals surface area contributed by atoms with Gasteiger partial charge in [-0.2, -0.15) is 0 Å². The Labute approximate surface area is 236 Å². The highest BCUT2D eigenvalue weighted by molar-refractivity contribution is 5.72. The average molecular weight is 542 g/mol. The van der Waals surface area contributed by atoms with E-state index in [1.165, 1.54) is 51.3 Å². The number of anilines is 3. The van der Waals surface area contributed by atoms with Crippen molar-refractivity contribution in [1.29, 1.82) is 0 Å². The summed E-state index contributed by atoms with van der Waals surface area (Å²) in [6.07, 6.45) is 4.35. The Kier molecular flexibility index (Phi) is 7.75. The molecule has 2 fully saturated rings. The van der Waals surface area contributed by atoms with Crippen molar-refractivity contribution in [2.24, 2.45) is 5.92 Å². The first kappa shape index (κ1) is 26.4. The molecule has 6 rings (SSSR count). The second-order valence-corrected chi connectivity index (χ2v) is 10.9. The maximum absolute atomic E-state index is 5.82. The lowest BCUT2D eigenvalue weighted by molar-refractivity contribution is 0.131. The van der Waals surface area contributed by atoms with Crippen LogP contribution in [-0.2, 0) is 0 Å². The number of rotatable bonds is 8. The van der Waals surface area contributed by atoms with Gasteiger partial charge in [0.15, 0.2) is 0 Å². The van der Waals surface area contributed by atoms with Crippen LogP contribution >= 0.6 is 0 Å². The average Bonchev–Trinajstić information content (AvgIpc) is 3.42. The first-order valence-electron chi connectivity index (χ1n) is 14.2. The minimum atomic E-state index is 0.496. The third-order valence-electron chi connectivity index (χ3n) is 8.21. The van der Waals surface area contributed by atoms with Gasteiger partial charge in [0.1, 0.15) is 11.5 Å². The number of fused-ring (bicyclic) bond motifs is 1. The summed E-state index contributed by atoms with van der Waals surface area (Å²) in [5.41, 5.74) is 4.86. The number of para-hydroxylation sites is 1. The SMILES string of the molecule is COc1cc(N2CCC[C@H](CN3CCN(C)CC3)C2)ccc1Nc1ncc2ccc(-c3ccccc3OC)n2n1. The van der Waals surface area contributed by atoms with Crippen molar-refractivity contribution < 1.29 is 9.47 Å². The Morgan fingerprint density at radius 1 is 0.925 bits per heavy atom. The molecule has 2 aromatic heterocycles. The van der Waals surface area contributed by atoms with Crippen LogP contribution in [0, 0.1) is 5.92 Å². The Morgan fingerprint density at radius 2 is 1.75 bits per heavy atom. The molecule has 1 N–H and O–H groups in total. The minimum Gasteiger partial charge on any atom is -0.496 e. The second-order valence-electron chi connectivity index (χ2n) is 10.9. The third-order valence-corrected chi connectivity index (χ3v) is 8.21. The number of nitrogens with zero attached hydrogens (tertiary/aromatic N) is 6. The van der Waals surface area contributed by atoms with E-state index in [1.807, 2.05) is 47.1 Å². The zero-order valence-electron chi connectivity index (χ0n) is 23.7. The highest BCUT2D eigenvalue weighted by Gasteiger charge is 2.24. The molecule has 0 amide bonds. The van der Waals surface area contributed by atoms with E-state index in [4.69, 9.17) is 14.6 Å². The van der Waals surface area contributed by atoms with Crippen LogP contribution in [0.1, 0.15) is 12.8 Å². The van der Waals surface area contributed by atoms with E-state index in [2.05, 4.69) is 50.2 Å². The molecular weight excluding hydrogens is 502 g/mol. The van der Waals surface area contributed by atoms with Gasteiger partial charge in [-0.3, -0.25) is 0 Å². The van der Waals surface area contributed by atoms with Crippen LogP contribution in [0.25, 0.3) is 16.8 Å². The van der Waals surface area contributed by atoms with Gasteiger partial charge in [-0.25, -0.2) is 9.50 Å². The fourth-order valence-corrected chi connectivity index (χ4v) is 5.96. The van der Waals surface area contributed by atoms with Crippen molar-refractivity contribution in [3.05, 3.63) is 60.8 Å². The summed E-state index contributed by atoms with van der Waals surface area (Å²) in [5.74, 6) is 2.77. The minimum absolute atomic E-state index is 0.496. The van der Waals surface area contributed by atoms with Gasteiger partial charge in [0.05, 0.1) is 37.3 Å². The number of aromatic nitrogens is 3. The van der Waals surface area contributed by atoms with Crippen molar-refractivity contribution in [2.45, 2.75) is 12.8 Å². The molecule has 1 atom stereocenters. The standard InChI is InChI=1S/C31H39N7O2/c1-35-15-17-36(18-16-35)21-23-7-6-14-37(22-23)24-10-12-27(30(19-24)40-3)33-31-32-20-25-11-13-28(38(25)34-31)26-8-4-5-9-29(26)39-2/h4-5,8-13,19-20,23H,6-7,14-18,21-22H2,1-3H3,(H,33,34)/t23-/m1/s1. The number of nitrogens with one attached hydrogen (secondary N) is 1. The van der Waals surface area contributed by atoms with Gasteiger partial charge in [0, 0.05) is 63.1 Å². The van der Waals surface area contributed by atoms with E-state index in [0.717, 1.165) is 47.1 Å². The summed E-state index contributed by atoms with van der Waals surface area (Å²) >= 11 is 0. The van der Waals surface area contributed by atoms with Crippen LogP contribution in [0.5, 0.6) is 11.5 Å². The van der Waals surface area contributed by atoms with Crippen molar-refractivity contribution in [3.63, 3.8) is 0 Å². The molecule has 2 aliphatic heterocycles. The maximum atomic E-state index is 5.82. The van der Waals surface area contributed by atoms with Gasteiger partial charge in [0.2, 0.25) is 5.95 Å². The molecule has 0 radical (unpaired) electrons. The molecule has 9 heteroatoms. The zero-order valence-corrected chi connectivity index (χ0v) is 23.7. The lowest BCUT2D eigenvalue weighted by atomic mass is 9.96. The molecule has 2 aromatic carbocycles. The Bertz CT molecular complexity index is 1450. The maximum Gasteiger partial charge on any atom is 0.245 e. The molecule has 2 saturated heterocycles. The van der Waals surface area contributed by atoms with E-state index < -0.39 is 0 Å². The predicted molar refractivity (Wildman–Crippen MR) is 160 cm³/mol. The Balaban J connectivity index is 1.18. The first-order chi connectivity index (χ1) is 19.6.